The SMILES string of the molecule is CC[NH+](CC)CC.Nc1ccc2c(-c3ccc(C(=O)Oc4c(F)c(F)cc(F)c4F)cc3C(=O)O)c3ccc(=[NH2+])c(S(=O)(=O)[O-])c-3oc2c1S(=O)(=O)[O-]. The van der Waals surface area contributed by atoms with E-state index in [0.717, 1.165) is 36.4 Å². The number of ether oxygens (including phenoxy) is 1. The van der Waals surface area contributed by atoms with Crippen molar-refractivity contribution in [2.45, 2.75) is 30.6 Å². The van der Waals surface area contributed by atoms with E-state index >= 15 is 0 Å². The van der Waals surface area contributed by atoms with E-state index in [1.165, 1.54) is 19.6 Å². The zero-order valence-corrected chi connectivity index (χ0v) is 29.4. The van der Waals surface area contributed by atoms with Gasteiger partial charge in [0.1, 0.15) is 25.1 Å². The number of nitrogen functional groups attached to an aromatic ring is 1. The molecule has 0 fully saturated rings. The fraction of sp³-hybridized carbons (Fsp3) is 0.182. The Bertz CT molecular complexity index is 2510. The summed E-state index contributed by atoms with van der Waals surface area (Å²) in [6.45, 7) is 10.5. The summed E-state index contributed by atoms with van der Waals surface area (Å²) < 4.78 is 138. The molecule has 2 aliphatic rings. The number of halogens is 4. The number of carboxylic acid groups (broad SMARTS) is 1. The monoisotopic (exact) mass is 783 g/mol. The Balaban J connectivity index is 0.000000815. The van der Waals surface area contributed by atoms with E-state index in [9.17, 15) is 58.2 Å². The van der Waals surface area contributed by atoms with Gasteiger partial charge in [-0.05, 0) is 56.7 Å². The highest BCUT2D eigenvalue weighted by atomic mass is 32.2. The summed E-state index contributed by atoms with van der Waals surface area (Å²) in [5.74, 6) is -14.1. The molecule has 20 heteroatoms. The molecule has 0 saturated heterocycles. The van der Waals surface area contributed by atoms with Gasteiger partial charge in [0.15, 0.2) is 27.9 Å². The minimum atomic E-state index is -5.49. The van der Waals surface area contributed by atoms with E-state index < -0.39 is 110 Å². The summed E-state index contributed by atoms with van der Waals surface area (Å²) in [6.07, 6.45) is 0. The molecule has 282 valence electrons. The molecule has 1 aliphatic carbocycles. The number of hydrogen-bond donors (Lipinski definition) is 4. The molecule has 6 N–H and O–H groups in total. The van der Waals surface area contributed by atoms with E-state index in [4.69, 9.17) is 15.6 Å². The Morgan fingerprint density at radius 2 is 1.40 bits per heavy atom. The standard InChI is InChI=1S/C27H14F4N2O11S2.C6H15N/c28-14-8-15(29)20(31)23(19(14)30)44-27(36)9-1-2-10(13(7-9)26(34)35)18-11-3-5-16(32)24(45(37,38)39)21(11)43-22-12(18)4-6-17(33)25(22)46(40,41)42;1-4-7(5-2)6-3/h1-8,32H,33H2,(H,34,35)(H,37,38,39)(H,40,41,42);4-6H2,1-3H3. The predicted octanol–water partition coefficient (Wildman–Crippen LogP) is 1.66. The molecule has 0 radical (unpaired) electrons. The number of rotatable bonds is 9. The summed E-state index contributed by atoms with van der Waals surface area (Å²) in [5, 5.41) is 14.7. The van der Waals surface area contributed by atoms with Crippen LogP contribution in [0.25, 0.3) is 33.4 Å². The summed E-state index contributed by atoms with van der Waals surface area (Å²) in [4.78, 5) is 24.4. The van der Waals surface area contributed by atoms with E-state index in [0.29, 0.717) is 6.07 Å². The molecule has 5 rings (SSSR count). The molecule has 3 aromatic carbocycles. The maximum absolute atomic E-state index is 14.1. The van der Waals surface area contributed by atoms with Crippen molar-refractivity contribution in [2.24, 2.45) is 0 Å². The normalized spacial score (nSPS) is 11.8. The van der Waals surface area contributed by atoms with Crippen LogP contribution in [-0.4, -0.2) is 62.6 Å². The Morgan fingerprint density at radius 1 is 0.849 bits per heavy atom. The summed E-state index contributed by atoms with van der Waals surface area (Å²) in [6, 6.07) is 6.20. The predicted molar refractivity (Wildman–Crippen MR) is 174 cm³/mol. The Hall–Kier alpha value is -5.41. The number of hydrogen-bond acceptors (Lipinski definition) is 11. The summed E-state index contributed by atoms with van der Waals surface area (Å²) >= 11 is 0. The average Bonchev–Trinajstić information content (AvgIpc) is 3.07. The van der Waals surface area contributed by atoms with Crippen LogP contribution in [0.5, 0.6) is 5.75 Å². The summed E-state index contributed by atoms with van der Waals surface area (Å²) in [7, 11) is -11.0. The molecular formula is C33H29F4N3O11S2. The van der Waals surface area contributed by atoms with Crippen molar-refractivity contribution in [2.75, 3.05) is 25.4 Å². The Kier molecular flexibility index (Phi) is 11.6. The van der Waals surface area contributed by atoms with Crippen molar-refractivity contribution in [3.63, 3.8) is 0 Å². The lowest BCUT2D eigenvalue weighted by atomic mass is 9.89. The zero-order valence-electron chi connectivity index (χ0n) is 27.8. The molecule has 0 bridgehead atoms. The minimum Gasteiger partial charge on any atom is -0.744 e. The first-order valence-corrected chi connectivity index (χ1v) is 18.1. The van der Waals surface area contributed by atoms with Crippen LogP contribution in [0.1, 0.15) is 41.5 Å². The Morgan fingerprint density at radius 3 is 1.89 bits per heavy atom. The molecule has 0 saturated carbocycles. The number of nitrogens with two attached hydrogens (primary N) is 2. The number of fused-ring (bicyclic) bond motifs is 2. The first-order valence-electron chi connectivity index (χ1n) is 15.3. The smallest absolute Gasteiger partial charge is 0.343 e. The van der Waals surface area contributed by atoms with Gasteiger partial charge in [0.05, 0.1) is 36.4 Å². The van der Waals surface area contributed by atoms with E-state index in [1.807, 2.05) is 0 Å². The lowest BCUT2D eigenvalue weighted by Crippen LogP contribution is -3.11. The van der Waals surface area contributed by atoms with Gasteiger partial charge < -0.3 is 34.0 Å². The molecule has 0 spiro atoms. The lowest BCUT2D eigenvalue weighted by molar-refractivity contribution is -0.894. The van der Waals surface area contributed by atoms with Crippen molar-refractivity contribution in [3.05, 3.63) is 88.3 Å². The van der Waals surface area contributed by atoms with Crippen LogP contribution in [0.3, 0.4) is 0 Å². The number of anilines is 1. The fourth-order valence-electron chi connectivity index (χ4n) is 5.41. The van der Waals surface area contributed by atoms with Crippen LogP contribution >= 0.6 is 0 Å². The number of esters is 1. The van der Waals surface area contributed by atoms with Gasteiger partial charge in [0.2, 0.25) is 22.7 Å². The van der Waals surface area contributed by atoms with Crippen molar-refractivity contribution in [1.29, 1.82) is 0 Å². The minimum absolute atomic E-state index is 0.144. The van der Waals surface area contributed by atoms with Crippen molar-refractivity contribution < 1.29 is 77.7 Å². The van der Waals surface area contributed by atoms with Gasteiger partial charge in [-0.15, -0.1) is 0 Å². The number of aromatic carboxylic acids is 1. The van der Waals surface area contributed by atoms with Gasteiger partial charge in [-0.3, -0.25) is 5.41 Å². The highest BCUT2D eigenvalue weighted by Gasteiger charge is 2.31. The number of nitrogens with one attached hydrogen (secondary N) is 1. The van der Waals surface area contributed by atoms with Crippen LogP contribution in [0.15, 0.2) is 62.7 Å². The van der Waals surface area contributed by atoms with E-state index in [2.05, 4.69) is 25.5 Å². The van der Waals surface area contributed by atoms with Crippen molar-refractivity contribution in [3.8, 4) is 28.2 Å². The first kappa shape index (κ1) is 40.4. The first-order chi connectivity index (χ1) is 24.7. The lowest BCUT2D eigenvalue weighted by Gasteiger charge is -2.21. The van der Waals surface area contributed by atoms with Gasteiger partial charge in [-0.2, -0.15) is 8.78 Å². The second-order valence-corrected chi connectivity index (χ2v) is 13.8. The average molecular weight is 784 g/mol. The molecule has 1 aliphatic heterocycles. The number of carboxylic acids is 1. The maximum Gasteiger partial charge on any atom is 0.343 e. The van der Waals surface area contributed by atoms with Gasteiger partial charge in [0.25, 0.3) is 0 Å². The third-order valence-electron chi connectivity index (χ3n) is 8.05. The van der Waals surface area contributed by atoms with Crippen LogP contribution in [0, 0.1) is 23.3 Å². The Labute approximate surface area is 298 Å². The molecule has 0 atom stereocenters. The van der Waals surface area contributed by atoms with E-state index in [-0.39, 0.29) is 22.6 Å². The van der Waals surface area contributed by atoms with Gasteiger partial charge in [0, 0.05) is 28.6 Å². The molecule has 53 heavy (non-hydrogen) atoms. The second-order valence-electron chi connectivity index (χ2n) is 11.2. The van der Waals surface area contributed by atoms with Crippen molar-refractivity contribution >= 4 is 48.8 Å². The van der Waals surface area contributed by atoms with Crippen LogP contribution in [-0.2, 0) is 20.2 Å². The number of benzene rings is 4. The highest BCUT2D eigenvalue weighted by Crippen LogP contribution is 2.45. The highest BCUT2D eigenvalue weighted by molar-refractivity contribution is 7.86. The number of quaternary nitrogens is 1. The molecular weight excluding hydrogens is 754 g/mol. The van der Waals surface area contributed by atoms with Gasteiger partial charge in [-0.1, -0.05) is 6.07 Å². The third kappa shape index (κ3) is 8.00. The molecule has 0 aromatic heterocycles. The number of carbonyl (C=O) groups is 2. The van der Waals surface area contributed by atoms with Crippen LogP contribution in [0.4, 0.5) is 23.2 Å². The molecule has 1 heterocycles. The van der Waals surface area contributed by atoms with Crippen molar-refractivity contribution in [1.82, 2.24) is 0 Å². The fourth-order valence-corrected chi connectivity index (χ4v) is 6.88. The molecule has 3 aromatic rings. The van der Waals surface area contributed by atoms with Gasteiger partial charge in [-0.25, -0.2) is 35.2 Å². The summed E-state index contributed by atoms with van der Waals surface area (Å²) in [5.41, 5.74) is 1.42. The molecule has 14 nitrogen and oxygen atoms in total. The quantitative estimate of drug-likeness (QED) is 0.0317. The van der Waals surface area contributed by atoms with Crippen LogP contribution < -0.4 is 26.1 Å². The maximum atomic E-state index is 14.1. The zero-order chi connectivity index (χ0) is 39.7. The van der Waals surface area contributed by atoms with Gasteiger partial charge >= 0.3 is 11.9 Å². The number of carbonyl (C=O) groups excluding carboxylic acids is 1. The topological polar surface area (TPSA) is 247 Å². The third-order valence-corrected chi connectivity index (χ3v) is 9.89. The van der Waals surface area contributed by atoms with E-state index in [1.54, 1.807) is 4.90 Å². The molecule has 0 amide bonds. The van der Waals surface area contributed by atoms with Crippen LogP contribution in [0.2, 0.25) is 0 Å². The molecule has 0 unspecified atom stereocenters. The largest absolute Gasteiger partial charge is 0.744 e. The second kappa shape index (κ2) is 15.3.